The number of benzene rings is 1. The molecule has 110 valence electrons. The predicted molar refractivity (Wildman–Crippen MR) is 84.9 cm³/mol. The summed E-state index contributed by atoms with van der Waals surface area (Å²) in [4.78, 5) is 0. The fourth-order valence-corrected chi connectivity index (χ4v) is 2.67. The molecule has 0 fully saturated rings. The zero-order valence-electron chi connectivity index (χ0n) is 12.8. The van der Waals surface area contributed by atoms with E-state index in [1.165, 1.54) is 16.9 Å². The summed E-state index contributed by atoms with van der Waals surface area (Å²) in [5, 5.41) is 3.64. The maximum absolute atomic E-state index is 5.85. The lowest BCUT2D eigenvalue weighted by Gasteiger charge is -2.25. The Morgan fingerprint density at radius 3 is 2.85 bits per heavy atom. The lowest BCUT2D eigenvalue weighted by atomic mass is 9.99. The van der Waals surface area contributed by atoms with Gasteiger partial charge in [-0.15, -0.1) is 0 Å². The van der Waals surface area contributed by atoms with E-state index in [-0.39, 0.29) is 0 Å². The van der Waals surface area contributed by atoms with Gasteiger partial charge in [0.15, 0.2) is 0 Å². The molecule has 0 saturated heterocycles. The third-order valence-corrected chi connectivity index (χ3v) is 3.91. The largest absolute Gasteiger partial charge is 0.497 e. The zero-order valence-corrected chi connectivity index (χ0v) is 12.8. The van der Waals surface area contributed by atoms with Crippen LogP contribution in [0.25, 0.3) is 0 Å². The smallest absolute Gasteiger partial charge is 0.109 e. The molecule has 2 nitrogen and oxygen atoms in total. The van der Waals surface area contributed by atoms with Gasteiger partial charge < -0.3 is 10.1 Å². The van der Waals surface area contributed by atoms with E-state index in [9.17, 15) is 0 Å². The number of hydrogen-bond acceptors (Lipinski definition) is 2. The number of hydrogen-bond donors (Lipinski definition) is 1. The van der Waals surface area contributed by atoms with Crippen LogP contribution in [-0.4, -0.2) is 19.2 Å². The van der Waals surface area contributed by atoms with Crippen molar-refractivity contribution in [1.29, 1.82) is 0 Å². The van der Waals surface area contributed by atoms with Crippen LogP contribution in [0.5, 0.6) is 0 Å². The van der Waals surface area contributed by atoms with Crippen LogP contribution in [0.2, 0.25) is 0 Å². The third-order valence-electron chi connectivity index (χ3n) is 3.91. The Labute approximate surface area is 123 Å². The van der Waals surface area contributed by atoms with Crippen molar-refractivity contribution in [1.82, 2.24) is 5.32 Å². The first-order chi connectivity index (χ1) is 9.81. The molecule has 0 spiro atoms. The molecular weight excluding hydrogens is 246 g/mol. The van der Waals surface area contributed by atoms with Crippen LogP contribution in [0, 0.1) is 6.92 Å². The van der Waals surface area contributed by atoms with Crippen molar-refractivity contribution < 1.29 is 4.74 Å². The molecular formula is C18H27NO. The van der Waals surface area contributed by atoms with Gasteiger partial charge in [0.05, 0.1) is 12.6 Å². The topological polar surface area (TPSA) is 21.3 Å². The minimum absolute atomic E-state index is 0.370. The molecule has 0 radical (unpaired) electrons. The summed E-state index contributed by atoms with van der Waals surface area (Å²) >= 11 is 0. The number of rotatable bonds is 7. The average molecular weight is 273 g/mol. The Hall–Kier alpha value is -1.28. The van der Waals surface area contributed by atoms with Gasteiger partial charge in [-0.2, -0.15) is 0 Å². The highest BCUT2D eigenvalue weighted by molar-refractivity contribution is 5.26. The summed E-state index contributed by atoms with van der Waals surface area (Å²) in [6.45, 7) is 6.33. The van der Waals surface area contributed by atoms with Crippen molar-refractivity contribution in [3.8, 4) is 0 Å². The molecule has 1 unspecified atom stereocenters. The van der Waals surface area contributed by atoms with Crippen LogP contribution in [0.1, 0.15) is 43.7 Å². The monoisotopic (exact) mass is 273 g/mol. The standard InChI is InChI=1S/C18H27NO/c1-3-13-19-17(18-10-6-7-14-20-18)12-11-16-9-5-4-8-15(16)2/h4-5,8-10,17,19H,3,6-7,11-14H2,1-2H3. The fourth-order valence-electron chi connectivity index (χ4n) is 2.67. The van der Waals surface area contributed by atoms with Crippen LogP contribution < -0.4 is 5.32 Å². The van der Waals surface area contributed by atoms with E-state index in [0.717, 1.165) is 45.3 Å². The molecule has 1 aliphatic heterocycles. The molecule has 0 bridgehead atoms. The molecule has 1 aromatic carbocycles. The van der Waals surface area contributed by atoms with Crippen LogP contribution in [0.15, 0.2) is 36.1 Å². The van der Waals surface area contributed by atoms with E-state index < -0.39 is 0 Å². The van der Waals surface area contributed by atoms with Gasteiger partial charge in [-0.1, -0.05) is 31.2 Å². The molecule has 0 saturated carbocycles. The van der Waals surface area contributed by atoms with Gasteiger partial charge in [0.2, 0.25) is 0 Å². The summed E-state index contributed by atoms with van der Waals surface area (Å²) in [5.74, 6) is 1.17. The highest BCUT2D eigenvalue weighted by Gasteiger charge is 2.17. The molecule has 0 amide bonds. The predicted octanol–water partition coefficient (Wildman–Crippen LogP) is 3.99. The van der Waals surface area contributed by atoms with Crippen molar-refractivity contribution in [2.75, 3.05) is 13.2 Å². The van der Waals surface area contributed by atoms with E-state index in [1.54, 1.807) is 0 Å². The van der Waals surface area contributed by atoms with Crippen LogP contribution in [0.4, 0.5) is 0 Å². The van der Waals surface area contributed by atoms with Crippen LogP contribution in [-0.2, 0) is 11.2 Å². The molecule has 1 aromatic rings. The second-order valence-electron chi connectivity index (χ2n) is 5.57. The summed E-state index contributed by atoms with van der Waals surface area (Å²) in [6.07, 6.45) is 7.96. The van der Waals surface area contributed by atoms with Crippen molar-refractivity contribution >= 4 is 0 Å². The Bertz CT molecular complexity index is 439. The maximum Gasteiger partial charge on any atom is 0.109 e. The summed E-state index contributed by atoms with van der Waals surface area (Å²) in [7, 11) is 0. The minimum Gasteiger partial charge on any atom is -0.497 e. The Morgan fingerprint density at radius 1 is 1.30 bits per heavy atom. The van der Waals surface area contributed by atoms with Gasteiger partial charge >= 0.3 is 0 Å². The quantitative estimate of drug-likeness (QED) is 0.811. The summed E-state index contributed by atoms with van der Waals surface area (Å²) in [6, 6.07) is 9.04. The second kappa shape index (κ2) is 8.11. The second-order valence-corrected chi connectivity index (χ2v) is 5.57. The van der Waals surface area contributed by atoms with Gasteiger partial charge in [0, 0.05) is 0 Å². The van der Waals surface area contributed by atoms with E-state index in [1.807, 2.05) is 0 Å². The Kier molecular flexibility index (Phi) is 6.13. The van der Waals surface area contributed by atoms with E-state index >= 15 is 0 Å². The Morgan fingerprint density at radius 2 is 2.15 bits per heavy atom. The number of nitrogens with one attached hydrogen (secondary N) is 1. The van der Waals surface area contributed by atoms with Crippen molar-refractivity contribution in [3.63, 3.8) is 0 Å². The molecule has 2 heteroatoms. The molecule has 1 N–H and O–H groups in total. The van der Waals surface area contributed by atoms with Gasteiger partial charge in [-0.3, -0.25) is 0 Å². The summed E-state index contributed by atoms with van der Waals surface area (Å²) in [5.41, 5.74) is 2.84. The van der Waals surface area contributed by atoms with Crippen molar-refractivity contribution in [2.24, 2.45) is 0 Å². The van der Waals surface area contributed by atoms with Crippen LogP contribution in [0.3, 0.4) is 0 Å². The lowest BCUT2D eigenvalue weighted by Crippen LogP contribution is -2.34. The normalized spacial score (nSPS) is 16.4. The number of ether oxygens (including phenoxy) is 1. The maximum atomic E-state index is 5.85. The minimum atomic E-state index is 0.370. The lowest BCUT2D eigenvalue weighted by molar-refractivity contribution is 0.165. The fraction of sp³-hybridized carbons (Fsp3) is 0.556. The van der Waals surface area contributed by atoms with Crippen molar-refractivity contribution in [3.05, 3.63) is 47.2 Å². The first-order valence-corrected chi connectivity index (χ1v) is 7.92. The van der Waals surface area contributed by atoms with E-state index in [2.05, 4.69) is 49.5 Å². The first-order valence-electron chi connectivity index (χ1n) is 7.92. The van der Waals surface area contributed by atoms with Gasteiger partial charge in [-0.05, 0) is 62.8 Å². The first kappa shape index (κ1) is 15.1. The molecule has 1 atom stereocenters. The highest BCUT2D eigenvalue weighted by Crippen LogP contribution is 2.19. The molecule has 1 aliphatic rings. The molecule has 2 rings (SSSR count). The van der Waals surface area contributed by atoms with E-state index in [4.69, 9.17) is 4.74 Å². The molecule has 0 aromatic heterocycles. The van der Waals surface area contributed by atoms with Crippen molar-refractivity contribution in [2.45, 2.75) is 52.0 Å². The van der Waals surface area contributed by atoms with Gasteiger partial charge in [0.25, 0.3) is 0 Å². The highest BCUT2D eigenvalue weighted by atomic mass is 16.5. The molecule has 20 heavy (non-hydrogen) atoms. The Balaban J connectivity index is 1.96. The van der Waals surface area contributed by atoms with E-state index in [0.29, 0.717) is 6.04 Å². The number of aryl methyl sites for hydroxylation is 2. The zero-order chi connectivity index (χ0) is 14.2. The molecule has 0 aliphatic carbocycles. The van der Waals surface area contributed by atoms with Crippen LogP contribution >= 0.6 is 0 Å². The third kappa shape index (κ3) is 4.38. The number of allylic oxidation sites excluding steroid dienone is 1. The van der Waals surface area contributed by atoms with Gasteiger partial charge in [0.1, 0.15) is 5.76 Å². The average Bonchev–Trinajstić information content (AvgIpc) is 2.50. The SMILES string of the molecule is CCCNC(CCc1ccccc1C)C1=CCCCO1. The molecule has 1 heterocycles. The van der Waals surface area contributed by atoms with Gasteiger partial charge in [-0.25, -0.2) is 0 Å². The summed E-state index contributed by atoms with van der Waals surface area (Å²) < 4.78 is 5.85.